The monoisotopic (exact) mass is 422 g/mol. The molecule has 0 atom stereocenters. The molecule has 3 aromatic carbocycles. The Kier molecular flexibility index (Phi) is 4.91. The van der Waals surface area contributed by atoms with Gasteiger partial charge < -0.3 is 5.32 Å². The number of nitrogens with one attached hydrogen (secondary N) is 1. The maximum Gasteiger partial charge on any atom is 0.251 e. The summed E-state index contributed by atoms with van der Waals surface area (Å²) < 4.78 is 0.987. The number of rotatable bonds is 3. The molecule has 1 N–H and O–H groups in total. The van der Waals surface area contributed by atoms with E-state index in [1.165, 1.54) is 4.90 Å². The van der Waals surface area contributed by atoms with Crippen LogP contribution < -0.4 is 5.32 Å². The van der Waals surface area contributed by atoms with E-state index in [1.54, 1.807) is 11.8 Å². The molecule has 128 valence electrons. The Labute approximate surface area is 164 Å². The van der Waals surface area contributed by atoms with E-state index in [4.69, 9.17) is 0 Å². The molecule has 1 amide bonds. The van der Waals surface area contributed by atoms with Crippen LogP contribution in [0.5, 0.6) is 0 Å². The summed E-state index contributed by atoms with van der Waals surface area (Å²) in [5.41, 5.74) is 3.56. The third kappa shape index (κ3) is 3.59. The summed E-state index contributed by atoms with van der Waals surface area (Å²) in [6, 6.07) is 21.7. The zero-order valence-corrected chi connectivity index (χ0v) is 16.2. The zero-order valence-electron chi connectivity index (χ0n) is 13.8. The minimum Gasteiger partial charge on any atom is -0.348 e. The van der Waals surface area contributed by atoms with Crippen LogP contribution in [-0.4, -0.2) is 12.1 Å². The van der Waals surface area contributed by atoms with Crippen molar-refractivity contribution in [1.82, 2.24) is 5.32 Å². The van der Waals surface area contributed by atoms with E-state index in [9.17, 15) is 4.79 Å². The van der Waals surface area contributed by atoms with Crippen molar-refractivity contribution < 1.29 is 4.79 Å². The molecule has 1 heterocycles. The van der Waals surface area contributed by atoms with Crippen LogP contribution in [0.4, 0.5) is 5.69 Å². The molecule has 0 saturated heterocycles. The van der Waals surface area contributed by atoms with Gasteiger partial charge in [0.15, 0.2) is 0 Å². The van der Waals surface area contributed by atoms with Crippen LogP contribution in [0, 0.1) is 0 Å². The van der Waals surface area contributed by atoms with Crippen LogP contribution in [0.1, 0.15) is 21.5 Å². The number of carbonyl (C=O) groups excluding carboxylic acids is 1. The molecule has 26 heavy (non-hydrogen) atoms. The van der Waals surface area contributed by atoms with Crippen LogP contribution in [0.3, 0.4) is 0 Å². The van der Waals surface area contributed by atoms with Crippen molar-refractivity contribution in [3.05, 3.63) is 87.9 Å². The van der Waals surface area contributed by atoms with E-state index in [0.717, 1.165) is 26.2 Å². The van der Waals surface area contributed by atoms with Gasteiger partial charge in [0.2, 0.25) is 0 Å². The first kappa shape index (κ1) is 17.1. The molecule has 1 aliphatic rings. The molecule has 0 saturated carbocycles. The van der Waals surface area contributed by atoms with Crippen molar-refractivity contribution in [2.75, 3.05) is 0 Å². The average molecular weight is 423 g/mol. The maximum atomic E-state index is 12.5. The average Bonchev–Trinajstić information content (AvgIpc) is 2.85. The molecule has 3 nitrogen and oxygen atoms in total. The Hall–Kier alpha value is -2.37. The topological polar surface area (TPSA) is 41.5 Å². The van der Waals surface area contributed by atoms with Gasteiger partial charge in [0.1, 0.15) is 0 Å². The second-order valence-corrected chi connectivity index (χ2v) is 7.79. The second kappa shape index (κ2) is 7.48. The highest BCUT2D eigenvalue weighted by molar-refractivity contribution is 9.10. The zero-order chi connectivity index (χ0) is 17.9. The minimum absolute atomic E-state index is 0.106. The van der Waals surface area contributed by atoms with Crippen LogP contribution in [0.2, 0.25) is 0 Å². The first-order valence-corrected chi connectivity index (χ1v) is 9.78. The van der Waals surface area contributed by atoms with Crippen LogP contribution >= 0.6 is 27.7 Å². The molecule has 0 unspecified atom stereocenters. The lowest BCUT2D eigenvalue weighted by atomic mass is 10.1. The summed E-state index contributed by atoms with van der Waals surface area (Å²) in [6.45, 7) is 0.473. The molecule has 0 radical (unpaired) electrons. The lowest BCUT2D eigenvalue weighted by Gasteiger charge is -2.09. The molecular formula is C21H15BrN2OS. The summed E-state index contributed by atoms with van der Waals surface area (Å²) in [6.07, 6.45) is 1.86. The molecule has 0 spiro atoms. The fraction of sp³-hybridized carbons (Fsp3) is 0.0476. The predicted octanol–water partition coefficient (Wildman–Crippen LogP) is 5.59. The highest BCUT2D eigenvalue weighted by Crippen LogP contribution is 2.39. The maximum absolute atomic E-state index is 12.5. The molecule has 0 bridgehead atoms. The molecule has 0 aliphatic carbocycles. The second-order valence-electron chi connectivity index (χ2n) is 5.85. The van der Waals surface area contributed by atoms with E-state index in [1.807, 2.05) is 66.9 Å². The van der Waals surface area contributed by atoms with Crippen LogP contribution in [0.15, 0.2) is 86.0 Å². The Balaban J connectivity index is 1.54. The Bertz CT molecular complexity index is 1020. The van der Waals surface area contributed by atoms with Crippen molar-refractivity contribution in [1.29, 1.82) is 0 Å². The highest BCUT2D eigenvalue weighted by atomic mass is 79.9. The molecule has 0 aromatic heterocycles. The van der Waals surface area contributed by atoms with Crippen molar-refractivity contribution >= 4 is 45.5 Å². The largest absolute Gasteiger partial charge is 0.348 e. The fourth-order valence-electron chi connectivity index (χ4n) is 2.70. The number of hydrogen-bond acceptors (Lipinski definition) is 3. The normalized spacial score (nSPS) is 12.0. The quantitative estimate of drug-likeness (QED) is 0.467. The number of aliphatic imine (C=N–C) groups is 1. The lowest BCUT2D eigenvalue weighted by molar-refractivity contribution is 0.0951. The number of fused-ring (bicyclic) bond motifs is 2. The van der Waals surface area contributed by atoms with Gasteiger partial charge >= 0.3 is 0 Å². The Morgan fingerprint density at radius 1 is 1.00 bits per heavy atom. The van der Waals surface area contributed by atoms with Crippen molar-refractivity contribution in [2.45, 2.75) is 16.3 Å². The standard InChI is InChI=1S/C21H15BrN2OS/c22-17-7-3-1-5-15(17)12-24-21(25)14-9-10-20-18(11-14)23-13-16-6-2-4-8-19(16)26-20/h1-11,13H,12H2,(H,24,25). The number of halogens is 1. The number of hydrogen-bond donors (Lipinski definition) is 1. The predicted molar refractivity (Wildman–Crippen MR) is 110 cm³/mol. The SMILES string of the molecule is O=C(NCc1ccccc1Br)c1ccc2c(c1)N=Cc1ccccc1S2. The van der Waals surface area contributed by atoms with Crippen molar-refractivity contribution in [3.63, 3.8) is 0 Å². The highest BCUT2D eigenvalue weighted by Gasteiger charge is 2.14. The van der Waals surface area contributed by atoms with Gasteiger partial charge in [0.25, 0.3) is 5.91 Å². The van der Waals surface area contributed by atoms with E-state index >= 15 is 0 Å². The first-order chi connectivity index (χ1) is 12.7. The van der Waals surface area contributed by atoms with Gasteiger partial charge in [0.05, 0.1) is 5.69 Å². The smallest absolute Gasteiger partial charge is 0.251 e. The molecule has 3 aromatic rings. The molecule has 4 rings (SSSR count). The minimum atomic E-state index is -0.106. The summed E-state index contributed by atoms with van der Waals surface area (Å²) in [7, 11) is 0. The fourth-order valence-corrected chi connectivity index (χ4v) is 4.10. The number of amides is 1. The summed E-state index contributed by atoms with van der Waals surface area (Å²) in [5.74, 6) is -0.106. The van der Waals surface area contributed by atoms with Gasteiger partial charge in [-0.25, -0.2) is 0 Å². The van der Waals surface area contributed by atoms with Crippen molar-refractivity contribution in [2.24, 2.45) is 4.99 Å². The van der Waals surface area contributed by atoms with E-state index in [2.05, 4.69) is 32.3 Å². The first-order valence-electron chi connectivity index (χ1n) is 8.17. The van der Waals surface area contributed by atoms with Crippen LogP contribution in [0.25, 0.3) is 0 Å². The van der Waals surface area contributed by atoms with Gasteiger partial charge in [-0.05, 0) is 35.9 Å². The van der Waals surface area contributed by atoms with Gasteiger partial charge in [-0.1, -0.05) is 64.1 Å². The van der Waals surface area contributed by atoms with Gasteiger partial charge in [-0.2, -0.15) is 0 Å². The van der Waals surface area contributed by atoms with E-state index < -0.39 is 0 Å². The lowest BCUT2D eigenvalue weighted by Crippen LogP contribution is -2.22. The third-order valence-electron chi connectivity index (χ3n) is 4.10. The van der Waals surface area contributed by atoms with Gasteiger partial charge in [-0.3, -0.25) is 9.79 Å². The number of benzene rings is 3. The van der Waals surface area contributed by atoms with Gasteiger partial charge in [-0.15, -0.1) is 0 Å². The van der Waals surface area contributed by atoms with E-state index in [0.29, 0.717) is 12.1 Å². The number of carbonyl (C=O) groups is 1. The summed E-state index contributed by atoms with van der Waals surface area (Å²) in [5, 5.41) is 2.97. The third-order valence-corrected chi connectivity index (χ3v) is 6.03. The van der Waals surface area contributed by atoms with Crippen LogP contribution in [-0.2, 0) is 6.54 Å². The van der Waals surface area contributed by atoms with Gasteiger partial charge in [0, 0.05) is 38.1 Å². The van der Waals surface area contributed by atoms with E-state index in [-0.39, 0.29) is 5.91 Å². The Morgan fingerprint density at radius 2 is 1.81 bits per heavy atom. The molecule has 0 fully saturated rings. The molecule has 1 aliphatic heterocycles. The molecule has 5 heteroatoms. The Morgan fingerprint density at radius 3 is 2.69 bits per heavy atom. The number of nitrogens with zero attached hydrogens (tertiary/aromatic N) is 1. The molecular weight excluding hydrogens is 408 g/mol. The summed E-state index contributed by atoms with van der Waals surface area (Å²) >= 11 is 5.17. The summed E-state index contributed by atoms with van der Waals surface area (Å²) in [4.78, 5) is 19.3. The van der Waals surface area contributed by atoms with Crippen molar-refractivity contribution in [3.8, 4) is 0 Å².